The van der Waals surface area contributed by atoms with Crippen LogP contribution >= 0.6 is 0 Å². The van der Waals surface area contributed by atoms with Crippen LogP contribution in [0.3, 0.4) is 0 Å². The Labute approximate surface area is 243 Å². The summed E-state index contributed by atoms with van der Waals surface area (Å²) in [6.45, 7) is -0.434. The SMILES string of the molecule is COC(=O)c1cccc(C(=O)OC)c1C1CCCCC1.O=C(O)c1cccc(C(=O)OCCOCCO)c1S(=O)(=O)O. The molecule has 0 atom stereocenters. The number of methoxy groups -OCH3 is 2. The van der Waals surface area contributed by atoms with E-state index in [1.54, 1.807) is 18.2 Å². The molecule has 1 fully saturated rings. The second kappa shape index (κ2) is 16.6. The van der Waals surface area contributed by atoms with E-state index in [0.717, 1.165) is 49.4 Å². The highest BCUT2D eigenvalue weighted by Gasteiger charge is 2.29. The summed E-state index contributed by atoms with van der Waals surface area (Å²) in [5.74, 6) is -3.29. The first-order chi connectivity index (χ1) is 20.0. The van der Waals surface area contributed by atoms with Crippen molar-refractivity contribution in [1.29, 1.82) is 0 Å². The Balaban J connectivity index is 0.000000294. The number of carbonyl (C=O) groups is 4. The summed E-state index contributed by atoms with van der Waals surface area (Å²) in [5, 5.41) is 17.4. The minimum atomic E-state index is -4.94. The summed E-state index contributed by atoms with van der Waals surface area (Å²) >= 11 is 0. The lowest BCUT2D eigenvalue weighted by molar-refractivity contribution is 0.0254. The van der Waals surface area contributed by atoms with Gasteiger partial charge in [-0.1, -0.05) is 31.4 Å². The molecule has 0 bridgehead atoms. The molecule has 0 heterocycles. The molecule has 13 nitrogen and oxygen atoms in total. The molecule has 42 heavy (non-hydrogen) atoms. The van der Waals surface area contributed by atoms with Gasteiger partial charge in [0.25, 0.3) is 10.1 Å². The Hall–Kier alpha value is -3.85. The second-order valence-corrected chi connectivity index (χ2v) is 10.4. The Morgan fingerprint density at radius 2 is 1.31 bits per heavy atom. The number of esters is 3. The first kappa shape index (κ1) is 34.4. The highest BCUT2D eigenvalue weighted by molar-refractivity contribution is 7.86. The lowest BCUT2D eigenvalue weighted by atomic mass is 9.80. The molecule has 1 aliphatic rings. The molecular formula is C28H34O13S. The molecule has 0 saturated heterocycles. The molecule has 3 rings (SSSR count). The van der Waals surface area contributed by atoms with Gasteiger partial charge >= 0.3 is 23.9 Å². The molecule has 14 heteroatoms. The highest BCUT2D eigenvalue weighted by atomic mass is 32.2. The van der Waals surface area contributed by atoms with Crippen molar-refractivity contribution in [3.05, 3.63) is 64.2 Å². The number of carboxylic acids is 1. The first-order valence-corrected chi connectivity index (χ1v) is 14.4. The van der Waals surface area contributed by atoms with Gasteiger partial charge in [-0.05, 0) is 48.6 Å². The van der Waals surface area contributed by atoms with Crippen molar-refractivity contribution in [2.45, 2.75) is 42.9 Å². The summed E-state index contributed by atoms with van der Waals surface area (Å²) in [7, 11) is -2.22. The van der Waals surface area contributed by atoms with Gasteiger partial charge in [0.05, 0.1) is 56.3 Å². The molecule has 0 aliphatic heterocycles. The molecule has 0 unspecified atom stereocenters. The Bertz CT molecular complexity index is 1330. The van der Waals surface area contributed by atoms with Crippen LogP contribution in [-0.2, 0) is 29.1 Å². The van der Waals surface area contributed by atoms with Gasteiger partial charge in [-0.15, -0.1) is 0 Å². The standard InChI is InChI=1S/C16H20O4.C12H14O9S/c1-19-15(17)12-9-6-10-13(16(18)20-2)14(12)11-7-4-3-5-8-11;13-4-5-20-6-7-21-12(16)9-3-1-2-8(11(14)15)10(9)22(17,18)19/h6,9-11H,3-5,7-8H2,1-2H3;1-3,13H,4-7H2,(H,14,15)(H,17,18,19). The minimum Gasteiger partial charge on any atom is -0.478 e. The van der Waals surface area contributed by atoms with E-state index >= 15 is 0 Å². The van der Waals surface area contributed by atoms with Crippen LogP contribution in [0.1, 0.15) is 85.0 Å². The third kappa shape index (κ3) is 9.34. The third-order valence-corrected chi connectivity index (χ3v) is 7.31. The van der Waals surface area contributed by atoms with E-state index in [2.05, 4.69) is 0 Å². The van der Waals surface area contributed by atoms with E-state index in [9.17, 15) is 27.6 Å². The average Bonchev–Trinajstić information content (AvgIpc) is 2.99. The van der Waals surface area contributed by atoms with Crippen molar-refractivity contribution in [3.8, 4) is 0 Å². The first-order valence-electron chi connectivity index (χ1n) is 13.0. The highest BCUT2D eigenvalue weighted by Crippen LogP contribution is 2.37. The van der Waals surface area contributed by atoms with Crippen molar-refractivity contribution in [3.63, 3.8) is 0 Å². The van der Waals surface area contributed by atoms with E-state index in [0.29, 0.717) is 11.1 Å². The topological polar surface area (TPSA) is 200 Å². The summed E-state index contributed by atoms with van der Waals surface area (Å²) in [5.41, 5.74) is 0.438. The van der Waals surface area contributed by atoms with Crippen LogP contribution in [0.15, 0.2) is 41.3 Å². The number of aliphatic hydroxyl groups is 1. The van der Waals surface area contributed by atoms with Gasteiger partial charge in [-0.2, -0.15) is 8.42 Å². The molecule has 2 aromatic carbocycles. The predicted molar refractivity (Wildman–Crippen MR) is 146 cm³/mol. The van der Waals surface area contributed by atoms with Crippen LogP contribution in [0.5, 0.6) is 0 Å². The number of carboxylic acid groups (broad SMARTS) is 1. The molecule has 0 amide bonds. The van der Waals surface area contributed by atoms with Crippen LogP contribution in [0.25, 0.3) is 0 Å². The molecule has 2 aromatic rings. The lowest BCUT2D eigenvalue weighted by Crippen LogP contribution is -2.18. The van der Waals surface area contributed by atoms with Crippen molar-refractivity contribution in [1.82, 2.24) is 0 Å². The zero-order valence-electron chi connectivity index (χ0n) is 23.2. The molecule has 3 N–H and O–H groups in total. The molecule has 1 aliphatic carbocycles. The van der Waals surface area contributed by atoms with E-state index < -0.39 is 50.0 Å². The van der Waals surface area contributed by atoms with Gasteiger partial charge in [0.15, 0.2) is 0 Å². The van der Waals surface area contributed by atoms with Crippen molar-refractivity contribution in [2.24, 2.45) is 0 Å². The van der Waals surface area contributed by atoms with E-state index in [1.807, 2.05) is 0 Å². The summed E-state index contributed by atoms with van der Waals surface area (Å²) in [6.07, 6.45) is 5.46. The van der Waals surface area contributed by atoms with Gasteiger partial charge < -0.3 is 29.2 Å². The van der Waals surface area contributed by atoms with E-state index in [-0.39, 0.29) is 32.3 Å². The Morgan fingerprint density at radius 3 is 1.79 bits per heavy atom. The normalized spacial score (nSPS) is 13.3. The predicted octanol–water partition coefficient (Wildman–Crippen LogP) is 3.10. The number of rotatable bonds is 11. The van der Waals surface area contributed by atoms with Crippen LogP contribution in [-0.4, -0.2) is 87.7 Å². The maximum absolute atomic E-state index is 12.0. The Morgan fingerprint density at radius 1 is 0.786 bits per heavy atom. The second-order valence-electron chi connectivity index (χ2n) is 9.02. The zero-order chi connectivity index (χ0) is 31.3. The number of hydrogen-bond acceptors (Lipinski definition) is 11. The fourth-order valence-corrected chi connectivity index (χ4v) is 5.42. The van der Waals surface area contributed by atoms with Gasteiger partial charge in [0.1, 0.15) is 11.5 Å². The number of carbonyl (C=O) groups excluding carboxylic acids is 3. The van der Waals surface area contributed by atoms with E-state index in [4.69, 9.17) is 33.7 Å². The fraction of sp³-hybridized carbons (Fsp3) is 0.429. The molecular weight excluding hydrogens is 576 g/mol. The molecule has 230 valence electrons. The molecule has 1 saturated carbocycles. The maximum Gasteiger partial charge on any atom is 0.339 e. The molecule has 0 spiro atoms. The molecule has 0 aromatic heterocycles. The molecule has 0 radical (unpaired) electrons. The lowest BCUT2D eigenvalue weighted by Gasteiger charge is -2.25. The van der Waals surface area contributed by atoms with Crippen LogP contribution in [0.4, 0.5) is 0 Å². The van der Waals surface area contributed by atoms with Crippen LogP contribution < -0.4 is 0 Å². The van der Waals surface area contributed by atoms with Crippen molar-refractivity contribution in [2.75, 3.05) is 40.6 Å². The van der Waals surface area contributed by atoms with Crippen molar-refractivity contribution >= 4 is 34.0 Å². The van der Waals surface area contributed by atoms with Gasteiger partial charge in [-0.25, -0.2) is 19.2 Å². The minimum absolute atomic E-state index is 0.0356. The van der Waals surface area contributed by atoms with Crippen LogP contribution in [0, 0.1) is 0 Å². The van der Waals surface area contributed by atoms with Crippen LogP contribution in [0.2, 0.25) is 0 Å². The van der Waals surface area contributed by atoms with Gasteiger partial charge in [0.2, 0.25) is 0 Å². The Kier molecular flexibility index (Phi) is 13.5. The average molecular weight is 611 g/mol. The largest absolute Gasteiger partial charge is 0.478 e. The summed E-state index contributed by atoms with van der Waals surface area (Å²) in [6, 6.07) is 8.26. The number of aliphatic hydroxyl groups excluding tert-OH is 1. The maximum atomic E-state index is 12.0. The van der Waals surface area contributed by atoms with Gasteiger partial charge in [-0.3, -0.25) is 4.55 Å². The summed E-state index contributed by atoms with van der Waals surface area (Å²) < 4.78 is 51.1. The zero-order valence-corrected chi connectivity index (χ0v) is 24.1. The summed E-state index contributed by atoms with van der Waals surface area (Å²) in [4.78, 5) is 45.7. The van der Waals surface area contributed by atoms with Crippen molar-refractivity contribution < 1.29 is 61.3 Å². The van der Waals surface area contributed by atoms with Gasteiger partial charge in [0, 0.05) is 0 Å². The fourth-order valence-electron chi connectivity index (χ4n) is 4.55. The number of hydrogen-bond donors (Lipinski definition) is 3. The van der Waals surface area contributed by atoms with E-state index in [1.165, 1.54) is 20.6 Å². The number of aromatic carboxylic acids is 1. The third-order valence-electron chi connectivity index (χ3n) is 6.35. The number of ether oxygens (including phenoxy) is 4. The quantitative estimate of drug-likeness (QED) is 0.145. The number of benzene rings is 2. The smallest absolute Gasteiger partial charge is 0.339 e. The monoisotopic (exact) mass is 610 g/mol.